The van der Waals surface area contributed by atoms with E-state index in [0.717, 1.165) is 11.3 Å². The molecule has 1 atom stereocenters. The summed E-state index contributed by atoms with van der Waals surface area (Å²) in [5.41, 5.74) is 1.80. The predicted octanol–water partition coefficient (Wildman–Crippen LogP) is 4.82. The summed E-state index contributed by atoms with van der Waals surface area (Å²) in [7, 11) is 2.01. The lowest BCUT2D eigenvalue weighted by atomic mass is 10.1. The molecule has 0 fully saturated rings. The van der Waals surface area contributed by atoms with Crippen LogP contribution in [-0.2, 0) is 5.88 Å². The van der Waals surface area contributed by atoms with Crippen molar-refractivity contribution in [3.05, 3.63) is 52.0 Å². The summed E-state index contributed by atoms with van der Waals surface area (Å²) >= 11 is 7.61. The van der Waals surface area contributed by atoms with E-state index >= 15 is 0 Å². The Hall–Kier alpha value is -1.06. The Morgan fingerprint density at radius 2 is 2.17 bits per heavy atom. The van der Waals surface area contributed by atoms with Crippen molar-refractivity contribution >= 4 is 28.6 Å². The van der Waals surface area contributed by atoms with Crippen molar-refractivity contribution in [3.8, 4) is 0 Å². The van der Waals surface area contributed by atoms with Gasteiger partial charge in [0.05, 0.1) is 6.04 Å². The van der Waals surface area contributed by atoms with E-state index in [9.17, 15) is 4.39 Å². The summed E-state index contributed by atoms with van der Waals surface area (Å²) in [6.45, 7) is 2.13. The Balaban J connectivity index is 2.31. The highest BCUT2D eigenvalue weighted by molar-refractivity contribution is 7.10. The van der Waals surface area contributed by atoms with Gasteiger partial charge in [-0.25, -0.2) is 4.39 Å². The van der Waals surface area contributed by atoms with E-state index in [2.05, 4.69) is 23.3 Å². The van der Waals surface area contributed by atoms with E-state index in [1.807, 2.05) is 13.1 Å². The van der Waals surface area contributed by atoms with E-state index < -0.39 is 0 Å². The maximum atomic E-state index is 13.2. The quantitative estimate of drug-likeness (QED) is 0.727. The highest BCUT2D eigenvalue weighted by atomic mass is 35.5. The third-order valence-electron chi connectivity index (χ3n) is 3.10. The van der Waals surface area contributed by atoms with Crippen LogP contribution < -0.4 is 4.90 Å². The first kappa shape index (κ1) is 13.4. The van der Waals surface area contributed by atoms with Gasteiger partial charge in [0.15, 0.2) is 0 Å². The second kappa shape index (κ2) is 5.72. The Morgan fingerprint density at radius 3 is 2.78 bits per heavy atom. The highest BCUT2D eigenvalue weighted by Gasteiger charge is 2.16. The minimum absolute atomic E-state index is 0.244. The van der Waals surface area contributed by atoms with Crippen LogP contribution in [0.1, 0.15) is 23.4 Å². The lowest BCUT2D eigenvalue weighted by molar-refractivity contribution is 0.625. The summed E-state index contributed by atoms with van der Waals surface area (Å²) in [4.78, 5) is 3.41. The number of benzene rings is 1. The molecule has 0 aliphatic rings. The minimum atomic E-state index is -0.244. The smallest absolute Gasteiger partial charge is 0.123 e. The Labute approximate surface area is 116 Å². The molecule has 0 radical (unpaired) electrons. The number of nitrogens with zero attached hydrogens (tertiary/aromatic N) is 1. The number of hydrogen-bond acceptors (Lipinski definition) is 2. The summed E-state index contributed by atoms with van der Waals surface area (Å²) < 4.78 is 13.2. The van der Waals surface area contributed by atoms with Crippen molar-refractivity contribution in [2.75, 3.05) is 11.9 Å². The molecule has 1 aromatic carbocycles. The van der Waals surface area contributed by atoms with Crippen LogP contribution in [-0.4, -0.2) is 7.05 Å². The van der Waals surface area contributed by atoms with E-state index in [-0.39, 0.29) is 11.9 Å². The molecule has 1 heterocycles. The summed E-state index contributed by atoms with van der Waals surface area (Å²) in [6.07, 6.45) is 0. The van der Waals surface area contributed by atoms with E-state index in [0.29, 0.717) is 5.88 Å². The molecule has 0 spiro atoms. The third-order valence-corrected chi connectivity index (χ3v) is 4.43. The van der Waals surface area contributed by atoms with Gasteiger partial charge in [-0.3, -0.25) is 0 Å². The Morgan fingerprint density at radius 1 is 1.39 bits per heavy atom. The molecule has 1 aromatic heterocycles. The van der Waals surface area contributed by atoms with E-state index in [1.54, 1.807) is 17.4 Å². The lowest BCUT2D eigenvalue weighted by Crippen LogP contribution is -2.22. The average molecular weight is 284 g/mol. The molecular formula is C14H15ClFNS. The molecular weight excluding hydrogens is 269 g/mol. The van der Waals surface area contributed by atoms with Gasteiger partial charge in [-0.15, -0.1) is 22.9 Å². The largest absolute Gasteiger partial charge is 0.367 e. The molecule has 0 N–H and O–H groups in total. The summed E-state index contributed by atoms with van der Waals surface area (Å²) in [5, 5.41) is 2.06. The van der Waals surface area contributed by atoms with Gasteiger partial charge in [-0.1, -0.05) is 6.07 Å². The van der Waals surface area contributed by atoms with Gasteiger partial charge < -0.3 is 4.90 Å². The fourth-order valence-corrected chi connectivity index (χ4v) is 2.97. The van der Waals surface area contributed by atoms with Crippen molar-refractivity contribution in [2.45, 2.75) is 18.8 Å². The summed E-state index contributed by atoms with van der Waals surface area (Å²) in [5.74, 6) is 0.0702. The first-order chi connectivity index (χ1) is 8.63. The van der Waals surface area contributed by atoms with Crippen LogP contribution in [0.3, 0.4) is 0 Å². The zero-order chi connectivity index (χ0) is 13.1. The van der Waals surface area contributed by atoms with Crippen LogP contribution in [0.2, 0.25) is 0 Å². The molecule has 0 saturated carbocycles. The second-order valence-electron chi connectivity index (χ2n) is 4.21. The van der Waals surface area contributed by atoms with E-state index in [1.165, 1.54) is 17.0 Å². The van der Waals surface area contributed by atoms with Crippen LogP contribution in [0.5, 0.6) is 0 Å². The molecule has 4 heteroatoms. The van der Waals surface area contributed by atoms with Crippen molar-refractivity contribution in [1.29, 1.82) is 0 Å². The molecule has 0 aliphatic carbocycles. The van der Waals surface area contributed by atoms with Gasteiger partial charge in [-0.05, 0) is 42.1 Å². The van der Waals surface area contributed by atoms with Crippen molar-refractivity contribution in [3.63, 3.8) is 0 Å². The number of hydrogen-bond donors (Lipinski definition) is 0. The molecule has 0 amide bonds. The number of rotatable bonds is 4. The molecule has 2 aromatic rings. The van der Waals surface area contributed by atoms with Crippen molar-refractivity contribution in [2.24, 2.45) is 0 Å². The average Bonchev–Trinajstić information content (AvgIpc) is 2.90. The van der Waals surface area contributed by atoms with Crippen LogP contribution >= 0.6 is 22.9 Å². The van der Waals surface area contributed by atoms with Gasteiger partial charge >= 0.3 is 0 Å². The van der Waals surface area contributed by atoms with E-state index in [4.69, 9.17) is 11.6 Å². The molecule has 0 saturated heterocycles. The normalized spacial score (nSPS) is 12.4. The molecule has 1 nitrogen and oxygen atoms in total. The molecule has 1 unspecified atom stereocenters. The highest BCUT2D eigenvalue weighted by Crippen LogP contribution is 2.31. The predicted molar refractivity (Wildman–Crippen MR) is 77.1 cm³/mol. The molecule has 2 rings (SSSR count). The molecule has 18 heavy (non-hydrogen) atoms. The van der Waals surface area contributed by atoms with Crippen molar-refractivity contribution in [1.82, 2.24) is 0 Å². The van der Waals surface area contributed by atoms with Gasteiger partial charge in [0.1, 0.15) is 5.82 Å². The molecule has 0 bridgehead atoms. The van der Waals surface area contributed by atoms with Crippen LogP contribution in [0.4, 0.5) is 10.1 Å². The lowest BCUT2D eigenvalue weighted by Gasteiger charge is -2.28. The first-order valence-corrected chi connectivity index (χ1v) is 7.15. The fourth-order valence-electron chi connectivity index (χ4n) is 1.93. The second-order valence-corrected chi connectivity index (χ2v) is 5.46. The first-order valence-electron chi connectivity index (χ1n) is 5.74. The third kappa shape index (κ3) is 2.68. The van der Waals surface area contributed by atoms with Gasteiger partial charge in [0.2, 0.25) is 0 Å². The maximum absolute atomic E-state index is 13.2. The number of anilines is 1. The van der Waals surface area contributed by atoms with Crippen LogP contribution in [0, 0.1) is 5.82 Å². The number of halogens is 2. The molecule has 96 valence electrons. The van der Waals surface area contributed by atoms with Gasteiger partial charge in [0, 0.05) is 23.5 Å². The zero-order valence-corrected chi connectivity index (χ0v) is 11.9. The Kier molecular flexibility index (Phi) is 4.25. The van der Waals surface area contributed by atoms with Gasteiger partial charge in [-0.2, -0.15) is 0 Å². The van der Waals surface area contributed by atoms with Crippen LogP contribution in [0.25, 0.3) is 0 Å². The summed E-state index contributed by atoms with van der Waals surface area (Å²) in [6, 6.07) is 9.16. The maximum Gasteiger partial charge on any atom is 0.123 e. The topological polar surface area (TPSA) is 3.24 Å². The number of alkyl halides is 1. The molecule has 0 aliphatic heterocycles. The monoisotopic (exact) mass is 283 g/mol. The minimum Gasteiger partial charge on any atom is -0.367 e. The van der Waals surface area contributed by atoms with Crippen molar-refractivity contribution < 1.29 is 4.39 Å². The zero-order valence-electron chi connectivity index (χ0n) is 10.4. The Bertz CT molecular complexity index is 513. The fraction of sp³-hybridized carbons (Fsp3) is 0.286. The SMILES string of the molecule is CC(c1cccs1)N(C)c1ccc(F)cc1CCl. The van der Waals surface area contributed by atoms with Gasteiger partial charge in [0.25, 0.3) is 0 Å². The number of thiophene rings is 1. The standard InChI is InChI=1S/C14H15ClFNS/c1-10(14-4-3-7-18-14)17(2)13-6-5-12(16)8-11(13)9-15/h3-8,10H,9H2,1-2H3. The van der Waals surface area contributed by atoms with Crippen LogP contribution in [0.15, 0.2) is 35.7 Å².